The number of halogens is 4. The van der Waals surface area contributed by atoms with Crippen LogP contribution in [0.15, 0.2) is 0 Å². The zero-order valence-corrected chi connectivity index (χ0v) is 16.7. The molecule has 2 rings (SSSR count). The summed E-state index contributed by atoms with van der Waals surface area (Å²) in [5.74, 6) is -1.56. The molecule has 0 aliphatic heterocycles. The summed E-state index contributed by atoms with van der Waals surface area (Å²) in [4.78, 5) is 0. The first-order chi connectivity index (χ1) is 13.0. The van der Waals surface area contributed by atoms with Gasteiger partial charge in [0.1, 0.15) is 12.3 Å². The summed E-state index contributed by atoms with van der Waals surface area (Å²) in [6, 6.07) is 0. The van der Waals surface area contributed by atoms with E-state index in [0.29, 0.717) is 38.9 Å². The zero-order chi connectivity index (χ0) is 19.8. The minimum atomic E-state index is -1.79. The van der Waals surface area contributed by atoms with Crippen molar-refractivity contribution in [3.05, 3.63) is 0 Å². The lowest BCUT2D eigenvalue weighted by molar-refractivity contribution is -0.122. The van der Waals surface area contributed by atoms with E-state index in [4.69, 9.17) is 9.47 Å². The van der Waals surface area contributed by atoms with Gasteiger partial charge in [-0.25, -0.2) is 17.6 Å². The SMILES string of the molecule is CCCCCCOC1CCC(C2CCC(OCCC)C(F)C2F)C(F)C1F. The molecule has 0 radical (unpaired) electrons. The first-order valence-corrected chi connectivity index (χ1v) is 10.8. The summed E-state index contributed by atoms with van der Waals surface area (Å²) < 4.78 is 69.3. The smallest absolute Gasteiger partial charge is 0.157 e. The number of hydrogen-bond donors (Lipinski definition) is 0. The summed E-state index contributed by atoms with van der Waals surface area (Å²) >= 11 is 0. The lowest BCUT2D eigenvalue weighted by Crippen LogP contribution is -2.51. The zero-order valence-electron chi connectivity index (χ0n) is 16.7. The van der Waals surface area contributed by atoms with Gasteiger partial charge in [-0.05, 0) is 50.4 Å². The Morgan fingerprint density at radius 1 is 0.593 bits per heavy atom. The highest BCUT2D eigenvalue weighted by Crippen LogP contribution is 2.44. The van der Waals surface area contributed by atoms with Gasteiger partial charge in [0.15, 0.2) is 12.3 Å². The quantitative estimate of drug-likeness (QED) is 0.337. The van der Waals surface area contributed by atoms with Gasteiger partial charge in [-0.1, -0.05) is 33.1 Å². The summed E-state index contributed by atoms with van der Waals surface area (Å²) in [7, 11) is 0. The maximum Gasteiger partial charge on any atom is 0.157 e. The van der Waals surface area contributed by atoms with Gasteiger partial charge < -0.3 is 9.47 Å². The molecule has 0 bridgehead atoms. The van der Waals surface area contributed by atoms with Gasteiger partial charge in [0.25, 0.3) is 0 Å². The van der Waals surface area contributed by atoms with E-state index in [0.717, 1.165) is 32.1 Å². The number of rotatable bonds is 10. The highest BCUT2D eigenvalue weighted by molar-refractivity contribution is 4.98. The number of alkyl halides is 4. The molecular formula is C21H36F4O2. The Labute approximate surface area is 161 Å². The van der Waals surface area contributed by atoms with Gasteiger partial charge in [-0.3, -0.25) is 0 Å². The first-order valence-electron chi connectivity index (χ1n) is 10.8. The van der Waals surface area contributed by atoms with Gasteiger partial charge in [-0.15, -0.1) is 0 Å². The van der Waals surface area contributed by atoms with Gasteiger partial charge in [0.2, 0.25) is 0 Å². The fourth-order valence-electron chi connectivity index (χ4n) is 4.52. The largest absolute Gasteiger partial charge is 0.375 e. The van der Waals surface area contributed by atoms with Crippen LogP contribution in [-0.2, 0) is 9.47 Å². The third kappa shape index (κ3) is 6.06. The topological polar surface area (TPSA) is 18.5 Å². The molecule has 2 aliphatic rings. The van der Waals surface area contributed by atoms with Crippen LogP contribution in [0.25, 0.3) is 0 Å². The number of unbranched alkanes of at least 4 members (excludes halogenated alkanes) is 3. The molecule has 2 saturated carbocycles. The first kappa shape index (κ1) is 22.9. The lowest BCUT2D eigenvalue weighted by atomic mass is 9.69. The molecule has 0 aromatic carbocycles. The van der Waals surface area contributed by atoms with Crippen LogP contribution in [0.4, 0.5) is 17.6 Å². The maximum atomic E-state index is 14.7. The van der Waals surface area contributed by atoms with E-state index >= 15 is 0 Å². The van der Waals surface area contributed by atoms with Gasteiger partial charge in [0.05, 0.1) is 12.2 Å². The minimum absolute atomic E-state index is 0.344. The average molecular weight is 397 g/mol. The Balaban J connectivity index is 1.84. The van der Waals surface area contributed by atoms with Crippen LogP contribution in [0.1, 0.15) is 71.6 Å². The van der Waals surface area contributed by atoms with Crippen LogP contribution < -0.4 is 0 Å². The van der Waals surface area contributed by atoms with E-state index in [1.807, 2.05) is 6.92 Å². The predicted octanol–water partition coefficient (Wildman–Crippen LogP) is 5.92. The van der Waals surface area contributed by atoms with Crippen molar-refractivity contribution in [1.29, 1.82) is 0 Å². The second-order valence-electron chi connectivity index (χ2n) is 8.14. The monoisotopic (exact) mass is 396 g/mol. The van der Waals surface area contributed by atoms with Gasteiger partial charge in [-0.2, -0.15) is 0 Å². The Morgan fingerprint density at radius 3 is 1.59 bits per heavy atom. The molecule has 0 N–H and O–H groups in total. The van der Waals surface area contributed by atoms with Crippen LogP contribution >= 0.6 is 0 Å². The van der Waals surface area contributed by atoms with Gasteiger partial charge >= 0.3 is 0 Å². The Kier molecular flexibility index (Phi) is 9.85. The third-order valence-corrected chi connectivity index (χ3v) is 6.12. The van der Waals surface area contributed by atoms with Crippen molar-refractivity contribution in [3.63, 3.8) is 0 Å². The highest BCUT2D eigenvalue weighted by atomic mass is 19.2. The molecule has 2 nitrogen and oxygen atoms in total. The van der Waals surface area contributed by atoms with Crippen molar-refractivity contribution in [1.82, 2.24) is 0 Å². The van der Waals surface area contributed by atoms with E-state index in [-0.39, 0.29) is 0 Å². The molecule has 2 fully saturated rings. The second-order valence-corrected chi connectivity index (χ2v) is 8.14. The molecule has 0 aromatic heterocycles. The molecule has 2 aliphatic carbocycles. The van der Waals surface area contributed by atoms with Crippen molar-refractivity contribution >= 4 is 0 Å². The second kappa shape index (κ2) is 11.6. The average Bonchev–Trinajstić information content (AvgIpc) is 2.67. The highest BCUT2D eigenvalue weighted by Gasteiger charge is 2.50. The van der Waals surface area contributed by atoms with Crippen molar-refractivity contribution in [2.24, 2.45) is 11.8 Å². The fraction of sp³-hybridized carbons (Fsp3) is 1.00. The van der Waals surface area contributed by atoms with Crippen molar-refractivity contribution in [3.8, 4) is 0 Å². The van der Waals surface area contributed by atoms with Crippen molar-refractivity contribution in [2.45, 2.75) is 109 Å². The maximum absolute atomic E-state index is 14.7. The van der Waals surface area contributed by atoms with Crippen LogP contribution in [0, 0.1) is 11.8 Å². The third-order valence-electron chi connectivity index (χ3n) is 6.12. The van der Waals surface area contributed by atoms with E-state index in [1.165, 1.54) is 0 Å². The Morgan fingerprint density at radius 2 is 1.11 bits per heavy atom. The van der Waals surface area contributed by atoms with Crippen molar-refractivity contribution < 1.29 is 27.0 Å². The van der Waals surface area contributed by atoms with E-state index in [2.05, 4.69) is 6.92 Å². The number of hydrogen-bond acceptors (Lipinski definition) is 2. The molecule has 0 aromatic rings. The summed E-state index contributed by atoms with van der Waals surface area (Å²) in [5.41, 5.74) is 0. The summed E-state index contributed by atoms with van der Waals surface area (Å²) in [6.07, 6.45) is -2.38. The summed E-state index contributed by atoms with van der Waals surface area (Å²) in [5, 5.41) is 0. The Bertz CT molecular complexity index is 412. The fourth-order valence-corrected chi connectivity index (χ4v) is 4.52. The predicted molar refractivity (Wildman–Crippen MR) is 98.9 cm³/mol. The van der Waals surface area contributed by atoms with E-state index in [1.54, 1.807) is 0 Å². The van der Waals surface area contributed by atoms with E-state index in [9.17, 15) is 17.6 Å². The molecule has 27 heavy (non-hydrogen) atoms. The molecule has 0 spiro atoms. The molecule has 6 heteroatoms. The molecule has 0 heterocycles. The minimum Gasteiger partial charge on any atom is -0.375 e. The number of ether oxygens (including phenoxy) is 2. The standard InChI is InChI=1S/C21H36F4O2/c1-3-5-6-7-13-27-17-11-9-15(19(23)21(17)25)14-8-10-16(26-12-4-2)20(24)18(14)22/h14-21H,3-13H2,1-2H3. The van der Waals surface area contributed by atoms with E-state index < -0.39 is 48.7 Å². The molecule has 0 saturated heterocycles. The molecular weight excluding hydrogens is 360 g/mol. The molecule has 8 atom stereocenters. The lowest BCUT2D eigenvalue weighted by Gasteiger charge is -2.43. The van der Waals surface area contributed by atoms with Crippen LogP contribution in [-0.4, -0.2) is 50.1 Å². The molecule has 160 valence electrons. The Hall–Kier alpha value is -0.360. The van der Waals surface area contributed by atoms with Crippen LogP contribution in [0.3, 0.4) is 0 Å². The molecule has 0 amide bonds. The van der Waals surface area contributed by atoms with Gasteiger partial charge in [0, 0.05) is 13.2 Å². The van der Waals surface area contributed by atoms with Crippen LogP contribution in [0.2, 0.25) is 0 Å². The van der Waals surface area contributed by atoms with Crippen LogP contribution in [0.5, 0.6) is 0 Å². The molecule has 8 unspecified atom stereocenters. The normalized spacial score (nSPS) is 40.2. The van der Waals surface area contributed by atoms with Crippen molar-refractivity contribution in [2.75, 3.05) is 13.2 Å². The summed E-state index contributed by atoms with van der Waals surface area (Å²) in [6.45, 7) is 4.84.